The number of anilines is 1. The Morgan fingerprint density at radius 2 is 1.91 bits per heavy atom. The van der Waals surface area contributed by atoms with Gasteiger partial charge in [-0.1, -0.05) is 6.07 Å². The standard InChI is InChI=1S/C14H13F3N3O3/c1-3-23-14(21)13-11(17)10(7-19(13)2)18-20(22)12-8(15)5-4-6-9(12)16/h4-7H,3H2,1-2H3,(H,18,22)/q+1. The highest BCUT2D eigenvalue weighted by atomic mass is 19.1. The number of halogens is 3. The van der Waals surface area contributed by atoms with E-state index in [-0.39, 0.29) is 11.5 Å². The number of carbonyl (C=O) groups excluding carboxylic acids is 1. The molecule has 0 saturated heterocycles. The van der Waals surface area contributed by atoms with Crippen molar-refractivity contribution < 1.29 is 27.6 Å². The van der Waals surface area contributed by atoms with Crippen molar-refractivity contribution in [3.8, 4) is 0 Å². The Labute approximate surface area is 129 Å². The van der Waals surface area contributed by atoms with Crippen molar-refractivity contribution in [1.82, 2.24) is 4.57 Å². The van der Waals surface area contributed by atoms with Crippen molar-refractivity contribution >= 4 is 17.3 Å². The monoisotopic (exact) mass is 328 g/mol. The Morgan fingerprint density at radius 3 is 2.48 bits per heavy atom. The number of hydrogen-bond acceptors (Lipinski definition) is 3. The van der Waals surface area contributed by atoms with Crippen LogP contribution in [0.2, 0.25) is 0 Å². The summed E-state index contributed by atoms with van der Waals surface area (Å²) in [4.78, 5) is 23.2. The van der Waals surface area contributed by atoms with Gasteiger partial charge in [0.15, 0.2) is 22.1 Å². The van der Waals surface area contributed by atoms with Gasteiger partial charge in [0.25, 0.3) is 0 Å². The molecule has 0 radical (unpaired) electrons. The third-order valence-corrected chi connectivity index (χ3v) is 2.95. The number of benzene rings is 1. The lowest BCUT2D eigenvalue weighted by Crippen LogP contribution is -2.14. The van der Waals surface area contributed by atoms with Crippen molar-refractivity contribution in [2.24, 2.45) is 7.05 Å². The predicted octanol–water partition coefficient (Wildman–Crippen LogP) is 3.06. The molecule has 0 atom stereocenters. The molecule has 0 aliphatic heterocycles. The van der Waals surface area contributed by atoms with E-state index in [1.807, 2.05) is 5.43 Å². The van der Waals surface area contributed by atoms with Gasteiger partial charge in [0.1, 0.15) is 0 Å². The Kier molecular flexibility index (Phi) is 4.68. The predicted molar refractivity (Wildman–Crippen MR) is 74.6 cm³/mol. The minimum Gasteiger partial charge on any atom is -0.461 e. The number of para-hydroxylation sites is 1. The number of esters is 1. The molecule has 0 fully saturated rings. The van der Waals surface area contributed by atoms with E-state index >= 15 is 0 Å². The molecule has 0 saturated carbocycles. The Hall–Kier alpha value is -2.84. The van der Waals surface area contributed by atoms with Crippen LogP contribution in [0.25, 0.3) is 0 Å². The number of rotatable bonds is 5. The topological polar surface area (TPSA) is 63.3 Å². The van der Waals surface area contributed by atoms with Gasteiger partial charge < -0.3 is 9.30 Å². The maximum Gasteiger partial charge on any atom is 0.362 e. The van der Waals surface area contributed by atoms with Crippen LogP contribution in [-0.2, 0) is 11.8 Å². The summed E-state index contributed by atoms with van der Waals surface area (Å²) in [5.41, 5.74) is 0.195. The molecule has 0 aliphatic rings. The van der Waals surface area contributed by atoms with Gasteiger partial charge in [0.2, 0.25) is 11.6 Å². The summed E-state index contributed by atoms with van der Waals surface area (Å²) in [5, 5.41) is 0. The zero-order valence-corrected chi connectivity index (χ0v) is 12.3. The Balaban J connectivity index is 2.33. The first-order valence-electron chi connectivity index (χ1n) is 6.56. The summed E-state index contributed by atoms with van der Waals surface area (Å²) in [5.74, 6) is -4.22. The van der Waals surface area contributed by atoms with Gasteiger partial charge in [-0.3, -0.25) is 0 Å². The fourth-order valence-electron chi connectivity index (χ4n) is 1.96. The molecule has 1 aromatic carbocycles. The van der Waals surface area contributed by atoms with Gasteiger partial charge in [-0.2, -0.15) is 8.78 Å². The number of hydrogen-bond donors (Lipinski definition) is 1. The van der Waals surface area contributed by atoms with Crippen LogP contribution in [0.4, 0.5) is 24.5 Å². The minimum absolute atomic E-state index is 0.0420. The van der Waals surface area contributed by atoms with E-state index in [1.54, 1.807) is 6.92 Å². The molecule has 0 aliphatic carbocycles. The molecule has 0 amide bonds. The van der Waals surface area contributed by atoms with Crippen molar-refractivity contribution in [2.45, 2.75) is 6.92 Å². The second-order valence-electron chi connectivity index (χ2n) is 4.51. The van der Waals surface area contributed by atoms with Crippen LogP contribution in [0.1, 0.15) is 17.4 Å². The lowest BCUT2D eigenvalue weighted by Gasteiger charge is -2.02. The van der Waals surface area contributed by atoms with Gasteiger partial charge in [-0.25, -0.2) is 9.18 Å². The normalized spacial score (nSPS) is 10.5. The number of carbonyl (C=O) groups is 1. The average Bonchev–Trinajstić information content (AvgIpc) is 2.73. The van der Waals surface area contributed by atoms with E-state index in [1.165, 1.54) is 7.05 Å². The van der Waals surface area contributed by atoms with Crippen molar-refractivity contribution in [1.29, 1.82) is 0 Å². The van der Waals surface area contributed by atoms with E-state index in [4.69, 9.17) is 4.74 Å². The SMILES string of the molecule is CCOC(=O)c1c(F)c(N[N+](=O)c2c(F)cccc2F)cn1C. The third kappa shape index (κ3) is 3.17. The van der Waals surface area contributed by atoms with Crippen LogP contribution >= 0.6 is 0 Å². The van der Waals surface area contributed by atoms with Crippen LogP contribution < -0.4 is 5.43 Å². The largest absolute Gasteiger partial charge is 0.461 e. The highest BCUT2D eigenvalue weighted by molar-refractivity contribution is 5.89. The molecule has 2 aromatic rings. The minimum atomic E-state index is -1.12. The zero-order valence-electron chi connectivity index (χ0n) is 12.3. The summed E-state index contributed by atoms with van der Waals surface area (Å²) >= 11 is 0. The van der Waals surface area contributed by atoms with E-state index in [9.17, 15) is 22.9 Å². The molecular weight excluding hydrogens is 315 g/mol. The Morgan fingerprint density at radius 1 is 1.30 bits per heavy atom. The third-order valence-electron chi connectivity index (χ3n) is 2.95. The van der Waals surface area contributed by atoms with E-state index in [2.05, 4.69) is 0 Å². The van der Waals surface area contributed by atoms with E-state index in [0.717, 1.165) is 29.0 Å². The zero-order chi connectivity index (χ0) is 17.1. The van der Waals surface area contributed by atoms with Gasteiger partial charge in [0.05, 0.1) is 11.5 Å². The first-order chi connectivity index (χ1) is 10.9. The molecule has 0 bridgehead atoms. The molecular formula is C14H13F3N3O3+. The van der Waals surface area contributed by atoms with Crippen molar-refractivity contribution in [2.75, 3.05) is 12.0 Å². The van der Waals surface area contributed by atoms with E-state index in [0.29, 0.717) is 0 Å². The molecule has 6 nitrogen and oxygen atoms in total. The van der Waals surface area contributed by atoms with Crippen LogP contribution in [-0.4, -0.2) is 22.0 Å². The molecule has 1 heterocycles. The summed E-state index contributed by atoms with van der Waals surface area (Å²) in [7, 11) is 1.36. The molecule has 0 spiro atoms. The fourth-order valence-corrected chi connectivity index (χ4v) is 1.96. The van der Waals surface area contributed by atoms with Gasteiger partial charge in [0, 0.05) is 13.2 Å². The van der Waals surface area contributed by atoms with Crippen LogP contribution in [0.3, 0.4) is 0 Å². The molecule has 122 valence electrons. The molecule has 2 rings (SSSR count). The van der Waals surface area contributed by atoms with E-state index < -0.39 is 40.5 Å². The van der Waals surface area contributed by atoms with Crippen LogP contribution in [0.5, 0.6) is 0 Å². The van der Waals surface area contributed by atoms with Crippen LogP contribution in [0, 0.1) is 22.4 Å². The summed E-state index contributed by atoms with van der Waals surface area (Å²) < 4.78 is 47.0. The van der Waals surface area contributed by atoms with Crippen LogP contribution in [0.15, 0.2) is 24.4 Å². The highest BCUT2D eigenvalue weighted by Crippen LogP contribution is 2.25. The second kappa shape index (κ2) is 6.51. The fraction of sp³-hybridized carbons (Fsp3) is 0.214. The second-order valence-corrected chi connectivity index (χ2v) is 4.51. The molecule has 1 N–H and O–H groups in total. The summed E-state index contributed by atoms with van der Waals surface area (Å²) in [6, 6.07) is 2.86. The number of hydrazine groups is 1. The highest BCUT2D eigenvalue weighted by Gasteiger charge is 2.30. The number of nitroso groups, excluding NO2 is 1. The smallest absolute Gasteiger partial charge is 0.362 e. The lowest BCUT2D eigenvalue weighted by molar-refractivity contribution is -0.432. The maximum atomic E-state index is 14.2. The molecule has 23 heavy (non-hydrogen) atoms. The van der Waals surface area contributed by atoms with Gasteiger partial charge in [-0.05, 0) is 19.1 Å². The molecule has 9 heteroatoms. The number of ether oxygens (including phenoxy) is 1. The number of aryl methyl sites for hydroxylation is 1. The molecule has 0 unspecified atom stereocenters. The molecule has 1 aromatic heterocycles. The van der Waals surface area contributed by atoms with Gasteiger partial charge in [-0.15, -0.1) is 5.43 Å². The first-order valence-corrected chi connectivity index (χ1v) is 6.56. The number of aromatic nitrogens is 1. The number of nitrogens with zero attached hydrogens (tertiary/aromatic N) is 2. The summed E-state index contributed by atoms with van der Waals surface area (Å²) in [6.45, 7) is 1.60. The average molecular weight is 328 g/mol. The first kappa shape index (κ1) is 16.5. The maximum absolute atomic E-state index is 14.2. The Bertz CT molecular complexity index is 754. The number of nitrogens with one attached hydrogen (secondary N) is 1. The van der Waals surface area contributed by atoms with Crippen molar-refractivity contribution in [3.63, 3.8) is 0 Å². The van der Waals surface area contributed by atoms with Gasteiger partial charge >= 0.3 is 11.7 Å². The quantitative estimate of drug-likeness (QED) is 0.520. The lowest BCUT2D eigenvalue weighted by atomic mass is 10.3. The summed E-state index contributed by atoms with van der Waals surface area (Å²) in [6.07, 6.45) is 1.09. The van der Waals surface area contributed by atoms with Crippen molar-refractivity contribution in [3.05, 3.63) is 52.4 Å².